The standard InChI is InChI=1S/C28H34N2O5S/c31-25(20-6-1-2-7-21(20)28(33)34)30-27-24(22-8-3-9-23(22)36-27)26(32)29-19-12-10-18(11-13-19)17-5-4-15-35-16-14-17/h10-13,17,20-21H,1-9,14-16H2,(H,29,32)(H,30,31)(H,33,34). The molecule has 3 N–H and O–H groups in total. The maximum atomic E-state index is 13.5. The molecular weight excluding hydrogens is 476 g/mol. The smallest absolute Gasteiger partial charge is 0.307 e. The Hall–Kier alpha value is -2.71. The summed E-state index contributed by atoms with van der Waals surface area (Å²) in [6, 6.07) is 8.07. The molecular formula is C28H34N2O5S. The SMILES string of the molecule is O=C(Nc1ccc(C2CCCOCC2)cc1)c1c(NC(=O)C2CCCCC2C(=O)O)sc2c1CCC2. The van der Waals surface area contributed by atoms with E-state index in [4.69, 9.17) is 4.74 Å². The lowest BCUT2D eigenvalue weighted by molar-refractivity contribution is -0.147. The molecule has 2 fully saturated rings. The summed E-state index contributed by atoms with van der Waals surface area (Å²) < 4.78 is 5.58. The van der Waals surface area contributed by atoms with E-state index in [1.54, 1.807) is 0 Å². The first-order chi connectivity index (χ1) is 17.5. The van der Waals surface area contributed by atoms with Gasteiger partial charge in [0.2, 0.25) is 5.91 Å². The number of carbonyl (C=O) groups excluding carboxylic acids is 2. The number of hydrogen-bond donors (Lipinski definition) is 3. The van der Waals surface area contributed by atoms with E-state index < -0.39 is 17.8 Å². The number of fused-ring (bicyclic) bond motifs is 1. The largest absolute Gasteiger partial charge is 0.481 e. The topological polar surface area (TPSA) is 105 Å². The van der Waals surface area contributed by atoms with Gasteiger partial charge in [-0.3, -0.25) is 14.4 Å². The zero-order valence-corrected chi connectivity index (χ0v) is 21.3. The van der Waals surface area contributed by atoms with E-state index in [-0.39, 0.29) is 11.8 Å². The monoisotopic (exact) mass is 510 g/mol. The molecule has 2 heterocycles. The van der Waals surface area contributed by atoms with Crippen molar-refractivity contribution >= 4 is 39.8 Å². The number of anilines is 2. The molecule has 0 bridgehead atoms. The lowest BCUT2D eigenvalue weighted by atomic mass is 9.79. The van der Waals surface area contributed by atoms with Crippen molar-refractivity contribution in [3.63, 3.8) is 0 Å². The molecule has 7 nitrogen and oxygen atoms in total. The van der Waals surface area contributed by atoms with Crippen LogP contribution in [0.1, 0.15) is 83.6 Å². The van der Waals surface area contributed by atoms with Gasteiger partial charge < -0.3 is 20.5 Å². The summed E-state index contributed by atoms with van der Waals surface area (Å²) in [4.78, 5) is 39.4. The molecule has 3 atom stereocenters. The second kappa shape index (κ2) is 11.1. The normalized spacial score (nSPS) is 23.9. The van der Waals surface area contributed by atoms with Gasteiger partial charge in [0.1, 0.15) is 5.00 Å². The first kappa shape index (κ1) is 25.0. The maximum absolute atomic E-state index is 13.5. The summed E-state index contributed by atoms with van der Waals surface area (Å²) in [6.45, 7) is 1.61. The van der Waals surface area contributed by atoms with Crippen molar-refractivity contribution in [1.29, 1.82) is 0 Å². The van der Waals surface area contributed by atoms with Gasteiger partial charge in [0, 0.05) is 23.8 Å². The molecule has 2 aliphatic carbocycles. The van der Waals surface area contributed by atoms with Crippen molar-refractivity contribution in [3.8, 4) is 0 Å². The van der Waals surface area contributed by atoms with Crippen LogP contribution in [0.25, 0.3) is 0 Å². The van der Waals surface area contributed by atoms with E-state index in [2.05, 4.69) is 22.8 Å². The zero-order valence-electron chi connectivity index (χ0n) is 20.5. The fourth-order valence-corrected chi connectivity index (χ4v) is 7.24. The molecule has 5 rings (SSSR count). The highest BCUT2D eigenvalue weighted by Gasteiger charge is 2.37. The van der Waals surface area contributed by atoms with Crippen molar-refractivity contribution in [1.82, 2.24) is 0 Å². The second-order valence-corrected chi connectivity index (χ2v) is 11.3. The van der Waals surface area contributed by atoms with Crippen molar-refractivity contribution in [3.05, 3.63) is 45.8 Å². The predicted octanol–water partition coefficient (Wildman–Crippen LogP) is 5.60. The molecule has 1 aromatic carbocycles. The van der Waals surface area contributed by atoms with Gasteiger partial charge in [-0.05, 0) is 80.5 Å². The minimum absolute atomic E-state index is 0.223. The van der Waals surface area contributed by atoms with E-state index in [0.717, 1.165) is 80.7 Å². The van der Waals surface area contributed by atoms with Gasteiger partial charge in [-0.1, -0.05) is 25.0 Å². The molecule has 1 saturated heterocycles. The van der Waals surface area contributed by atoms with Crippen LogP contribution >= 0.6 is 11.3 Å². The van der Waals surface area contributed by atoms with Gasteiger partial charge >= 0.3 is 5.97 Å². The summed E-state index contributed by atoms with van der Waals surface area (Å²) in [5, 5.41) is 16.1. The van der Waals surface area contributed by atoms with Gasteiger partial charge in [-0.15, -0.1) is 11.3 Å². The molecule has 2 aromatic rings. The summed E-state index contributed by atoms with van der Waals surface area (Å²) in [5.41, 5.74) is 3.54. The van der Waals surface area contributed by atoms with Crippen molar-refractivity contribution in [2.75, 3.05) is 23.8 Å². The Morgan fingerprint density at radius 1 is 0.861 bits per heavy atom. The molecule has 36 heavy (non-hydrogen) atoms. The van der Waals surface area contributed by atoms with E-state index >= 15 is 0 Å². The highest BCUT2D eigenvalue weighted by Crippen LogP contribution is 2.41. The van der Waals surface area contributed by atoms with E-state index in [1.165, 1.54) is 16.9 Å². The van der Waals surface area contributed by atoms with Crippen LogP contribution in [0, 0.1) is 11.8 Å². The molecule has 192 valence electrons. The number of ether oxygens (including phenoxy) is 1. The van der Waals surface area contributed by atoms with Crippen LogP contribution in [0.3, 0.4) is 0 Å². The number of benzene rings is 1. The Labute approximate surface area is 215 Å². The Kier molecular flexibility index (Phi) is 7.72. The van der Waals surface area contributed by atoms with Crippen molar-refractivity contribution in [2.45, 2.75) is 70.1 Å². The van der Waals surface area contributed by atoms with Gasteiger partial charge in [-0.25, -0.2) is 0 Å². The molecule has 1 aliphatic heterocycles. The number of carbonyl (C=O) groups is 3. The molecule has 8 heteroatoms. The van der Waals surface area contributed by atoms with Crippen LogP contribution in [0.5, 0.6) is 0 Å². The zero-order chi connectivity index (χ0) is 25.1. The summed E-state index contributed by atoms with van der Waals surface area (Å²) in [5.74, 6) is -2.17. The van der Waals surface area contributed by atoms with Gasteiger partial charge in [0.25, 0.3) is 5.91 Å². The van der Waals surface area contributed by atoms with E-state index in [0.29, 0.717) is 29.3 Å². The molecule has 0 spiro atoms. The number of rotatable bonds is 6. The number of carboxylic acid groups (broad SMARTS) is 1. The van der Waals surface area contributed by atoms with Gasteiger partial charge in [0.15, 0.2) is 0 Å². The Balaban J connectivity index is 1.32. The molecule has 1 saturated carbocycles. The fraction of sp³-hybridized carbons (Fsp3) is 0.536. The molecule has 1 aromatic heterocycles. The first-order valence-electron chi connectivity index (χ1n) is 13.2. The highest BCUT2D eigenvalue weighted by molar-refractivity contribution is 7.17. The number of aryl methyl sites for hydroxylation is 1. The quantitative estimate of drug-likeness (QED) is 0.469. The Morgan fingerprint density at radius 3 is 2.42 bits per heavy atom. The number of thiophene rings is 1. The molecule has 0 radical (unpaired) electrons. The third-order valence-corrected chi connectivity index (χ3v) is 9.10. The van der Waals surface area contributed by atoms with Crippen LogP contribution in [0.2, 0.25) is 0 Å². The van der Waals surface area contributed by atoms with E-state index in [1.807, 2.05) is 12.1 Å². The number of nitrogens with one attached hydrogen (secondary N) is 2. The van der Waals surface area contributed by atoms with E-state index in [9.17, 15) is 19.5 Å². The summed E-state index contributed by atoms with van der Waals surface area (Å²) in [6.07, 6.45) is 8.66. The third kappa shape index (κ3) is 5.34. The molecule has 3 aliphatic rings. The van der Waals surface area contributed by atoms with Crippen LogP contribution < -0.4 is 10.6 Å². The fourth-order valence-electron chi connectivity index (χ4n) is 5.95. The Bertz CT molecular complexity index is 1120. The minimum Gasteiger partial charge on any atom is -0.481 e. The number of hydrogen-bond acceptors (Lipinski definition) is 5. The second-order valence-electron chi connectivity index (χ2n) is 10.2. The van der Waals surface area contributed by atoms with Crippen molar-refractivity contribution < 1.29 is 24.2 Å². The lowest BCUT2D eigenvalue weighted by Gasteiger charge is -2.27. The van der Waals surface area contributed by atoms with Crippen LogP contribution in [0.4, 0.5) is 10.7 Å². The third-order valence-electron chi connectivity index (χ3n) is 7.90. The highest BCUT2D eigenvalue weighted by atomic mass is 32.1. The number of aliphatic carboxylic acids is 1. The van der Waals surface area contributed by atoms with Crippen molar-refractivity contribution in [2.24, 2.45) is 11.8 Å². The summed E-state index contributed by atoms with van der Waals surface area (Å²) in [7, 11) is 0. The van der Waals surface area contributed by atoms with Gasteiger partial charge in [0.05, 0.1) is 17.4 Å². The molecule has 2 amide bonds. The number of carboxylic acids is 1. The maximum Gasteiger partial charge on any atom is 0.307 e. The first-order valence-corrected chi connectivity index (χ1v) is 14.0. The van der Waals surface area contributed by atoms with Crippen LogP contribution in [-0.2, 0) is 27.2 Å². The average Bonchev–Trinajstić information content (AvgIpc) is 3.34. The van der Waals surface area contributed by atoms with Crippen LogP contribution in [0.15, 0.2) is 24.3 Å². The Morgan fingerprint density at radius 2 is 1.64 bits per heavy atom. The summed E-state index contributed by atoms with van der Waals surface area (Å²) >= 11 is 1.46. The van der Waals surface area contributed by atoms with Gasteiger partial charge in [-0.2, -0.15) is 0 Å². The predicted molar refractivity (Wildman–Crippen MR) is 140 cm³/mol. The minimum atomic E-state index is -0.915. The number of amides is 2. The average molecular weight is 511 g/mol. The molecule has 3 unspecified atom stereocenters. The van der Waals surface area contributed by atoms with Crippen LogP contribution in [-0.4, -0.2) is 36.1 Å². The lowest BCUT2D eigenvalue weighted by Crippen LogP contribution is -2.36.